The molecule has 0 aliphatic carbocycles. The number of halogens is 1. The number of aliphatic hydroxyl groups is 2. The molecule has 5 heteroatoms. The van der Waals surface area contributed by atoms with Crippen LogP contribution in [0.5, 0.6) is 0 Å². The van der Waals surface area contributed by atoms with E-state index >= 15 is 0 Å². The molecule has 1 saturated heterocycles. The van der Waals surface area contributed by atoms with Crippen molar-refractivity contribution in [3.05, 3.63) is 28.8 Å². The summed E-state index contributed by atoms with van der Waals surface area (Å²) >= 11 is 6.18. The number of anilines is 1. The van der Waals surface area contributed by atoms with Gasteiger partial charge in [0.15, 0.2) is 0 Å². The van der Waals surface area contributed by atoms with Crippen molar-refractivity contribution in [2.75, 3.05) is 31.7 Å². The lowest BCUT2D eigenvalue weighted by Crippen LogP contribution is -2.45. The zero-order chi connectivity index (χ0) is 14.8. The van der Waals surface area contributed by atoms with Gasteiger partial charge in [-0.05, 0) is 24.6 Å². The van der Waals surface area contributed by atoms with Gasteiger partial charge in [-0.2, -0.15) is 0 Å². The lowest BCUT2D eigenvalue weighted by atomic mass is 9.93. The van der Waals surface area contributed by atoms with Crippen LogP contribution in [0.15, 0.2) is 18.2 Å². The summed E-state index contributed by atoms with van der Waals surface area (Å²) < 4.78 is 5.29. The molecule has 112 valence electrons. The standard InChI is InChI=1S/C15H22ClNO3/c1-11(18)13-4-3-12(9-14(13)16)17(2)10-15(19)5-7-20-8-6-15/h3-4,9,11,18-19H,5-8,10H2,1-2H3. The molecule has 0 saturated carbocycles. The van der Waals surface area contributed by atoms with Gasteiger partial charge in [0.25, 0.3) is 0 Å². The van der Waals surface area contributed by atoms with Crippen LogP contribution >= 0.6 is 11.6 Å². The van der Waals surface area contributed by atoms with Gasteiger partial charge in [0.1, 0.15) is 0 Å². The van der Waals surface area contributed by atoms with Crippen molar-refractivity contribution in [2.45, 2.75) is 31.5 Å². The van der Waals surface area contributed by atoms with Crippen molar-refractivity contribution in [3.63, 3.8) is 0 Å². The first-order chi connectivity index (χ1) is 9.41. The van der Waals surface area contributed by atoms with E-state index in [0.29, 0.717) is 43.2 Å². The molecule has 1 atom stereocenters. The average molecular weight is 300 g/mol. The fourth-order valence-corrected chi connectivity index (χ4v) is 2.87. The molecule has 0 amide bonds. The van der Waals surface area contributed by atoms with Crippen molar-refractivity contribution < 1.29 is 14.9 Å². The predicted octanol–water partition coefficient (Wildman–Crippen LogP) is 2.37. The number of rotatable bonds is 4. The average Bonchev–Trinajstić information content (AvgIpc) is 2.38. The molecule has 0 radical (unpaired) electrons. The van der Waals surface area contributed by atoms with Crippen molar-refractivity contribution in [1.82, 2.24) is 0 Å². The van der Waals surface area contributed by atoms with Crippen LogP contribution in [0.25, 0.3) is 0 Å². The second-order valence-corrected chi connectivity index (χ2v) is 5.98. The number of benzene rings is 1. The molecule has 1 aromatic rings. The Labute approximate surface area is 124 Å². The Morgan fingerprint density at radius 1 is 1.40 bits per heavy atom. The molecule has 1 heterocycles. The fraction of sp³-hybridized carbons (Fsp3) is 0.600. The molecule has 4 nitrogen and oxygen atoms in total. The van der Waals surface area contributed by atoms with E-state index in [9.17, 15) is 10.2 Å². The predicted molar refractivity (Wildman–Crippen MR) is 80.4 cm³/mol. The summed E-state index contributed by atoms with van der Waals surface area (Å²) in [5.74, 6) is 0. The Morgan fingerprint density at radius 3 is 2.60 bits per heavy atom. The first-order valence-electron chi connectivity index (χ1n) is 6.90. The summed E-state index contributed by atoms with van der Waals surface area (Å²) in [5, 5.41) is 20.6. The molecule has 0 aromatic heterocycles. The Hall–Kier alpha value is -0.810. The smallest absolute Gasteiger partial charge is 0.0865 e. The first-order valence-corrected chi connectivity index (χ1v) is 7.28. The Bertz CT molecular complexity index is 458. The summed E-state index contributed by atoms with van der Waals surface area (Å²) in [4.78, 5) is 1.99. The van der Waals surface area contributed by atoms with Gasteiger partial charge in [-0.3, -0.25) is 0 Å². The first kappa shape index (κ1) is 15.6. The highest BCUT2D eigenvalue weighted by molar-refractivity contribution is 6.31. The molecule has 1 aliphatic heterocycles. The van der Waals surface area contributed by atoms with Gasteiger partial charge in [0.2, 0.25) is 0 Å². The van der Waals surface area contributed by atoms with E-state index in [1.165, 1.54) is 0 Å². The number of ether oxygens (including phenoxy) is 1. The van der Waals surface area contributed by atoms with Crippen LogP contribution in [0, 0.1) is 0 Å². The van der Waals surface area contributed by atoms with E-state index < -0.39 is 11.7 Å². The van der Waals surface area contributed by atoms with E-state index in [0.717, 1.165) is 5.69 Å². The monoisotopic (exact) mass is 299 g/mol. The van der Waals surface area contributed by atoms with Crippen molar-refractivity contribution in [2.24, 2.45) is 0 Å². The van der Waals surface area contributed by atoms with Gasteiger partial charge >= 0.3 is 0 Å². The molecule has 2 rings (SSSR count). The Balaban J connectivity index is 2.09. The van der Waals surface area contributed by atoms with E-state index in [1.54, 1.807) is 6.92 Å². The van der Waals surface area contributed by atoms with Crippen molar-refractivity contribution in [1.29, 1.82) is 0 Å². The number of nitrogens with zero attached hydrogens (tertiary/aromatic N) is 1. The molecule has 1 unspecified atom stereocenters. The minimum Gasteiger partial charge on any atom is -0.389 e. The third-order valence-corrected chi connectivity index (χ3v) is 4.16. The molecule has 20 heavy (non-hydrogen) atoms. The minimum atomic E-state index is -0.706. The van der Waals surface area contributed by atoms with E-state index in [1.807, 2.05) is 30.1 Å². The van der Waals surface area contributed by atoms with Crippen LogP contribution in [0.4, 0.5) is 5.69 Å². The van der Waals surface area contributed by atoms with E-state index in [-0.39, 0.29) is 0 Å². The second-order valence-electron chi connectivity index (χ2n) is 5.57. The summed E-state index contributed by atoms with van der Waals surface area (Å²) in [6.45, 7) is 3.44. The highest BCUT2D eigenvalue weighted by Gasteiger charge is 2.31. The maximum absolute atomic E-state index is 10.5. The van der Waals surface area contributed by atoms with Crippen LogP contribution < -0.4 is 4.90 Å². The number of hydrogen-bond acceptors (Lipinski definition) is 4. The summed E-state index contributed by atoms with van der Waals surface area (Å²) in [6.07, 6.45) is 0.717. The molecular weight excluding hydrogens is 278 g/mol. The topological polar surface area (TPSA) is 52.9 Å². The third-order valence-electron chi connectivity index (χ3n) is 3.83. The highest BCUT2D eigenvalue weighted by Crippen LogP contribution is 2.29. The van der Waals surface area contributed by atoms with Gasteiger partial charge in [-0.25, -0.2) is 0 Å². The third kappa shape index (κ3) is 3.64. The fourth-order valence-electron chi connectivity index (χ4n) is 2.53. The zero-order valence-electron chi connectivity index (χ0n) is 12.0. The quantitative estimate of drug-likeness (QED) is 0.896. The molecular formula is C15H22ClNO3. The summed E-state index contributed by atoms with van der Waals surface area (Å²) in [7, 11) is 1.93. The normalized spacial score (nSPS) is 19.6. The number of aliphatic hydroxyl groups excluding tert-OH is 1. The highest BCUT2D eigenvalue weighted by atomic mass is 35.5. The van der Waals surface area contributed by atoms with Crippen molar-refractivity contribution in [3.8, 4) is 0 Å². The van der Waals surface area contributed by atoms with Gasteiger partial charge in [0, 0.05) is 50.4 Å². The molecule has 2 N–H and O–H groups in total. The Morgan fingerprint density at radius 2 is 2.05 bits per heavy atom. The SMILES string of the molecule is CC(O)c1ccc(N(C)CC2(O)CCOCC2)cc1Cl. The second kappa shape index (κ2) is 6.31. The van der Waals surface area contributed by atoms with Gasteiger partial charge in [-0.15, -0.1) is 0 Å². The lowest BCUT2D eigenvalue weighted by molar-refractivity contribution is -0.0572. The molecule has 0 spiro atoms. The van der Waals surface area contributed by atoms with Crippen LogP contribution in [-0.2, 0) is 4.74 Å². The summed E-state index contributed by atoms with van der Waals surface area (Å²) in [5.41, 5.74) is 0.940. The zero-order valence-corrected chi connectivity index (χ0v) is 12.7. The maximum Gasteiger partial charge on any atom is 0.0865 e. The maximum atomic E-state index is 10.5. The largest absolute Gasteiger partial charge is 0.389 e. The molecule has 0 bridgehead atoms. The number of hydrogen-bond donors (Lipinski definition) is 2. The minimum absolute atomic E-state index is 0.542. The van der Waals surface area contributed by atoms with Crippen LogP contribution in [-0.4, -0.2) is 42.6 Å². The van der Waals surface area contributed by atoms with Crippen LogP contribution in [0.3, 0.4) is 0 Å². The Kier molecular flexibility index (Phi) is 4.91. The van der Waals surface area contributed by atoms with Gasteiger partial charge in [0.05, 0.1) is 11.7 Å². The lowest BCUT2D eigenvalue weighted by Gasteiger charge is -2.36. The molecule has 1 aliphatic rings. The van der Waals surface area contributed by atoms with Crippen LogP contribution in [0.2, 0.25) is 5.02 Å². The number of likely N-dealkylation sites (N-methyl/N-ethyl adjacent to an activating group) is 1. The van der Waals surface area contributed by atoms with E-state index in [2.05, 4.69) is 0 Å². The van der Waals surface area contributed by atoms with Crippen molar-refractivity contribution >= 4 is 17.3 Å². The van der Waals surface area contributed by atoms with Crippen LogP contribution in [0.1, 0.15) is 31.4 Å². The van der Waals surface area contributed by atoms with E-state index in [4.69, 9.17) is 16.3 Å². The summed E-state index contributed by atoms with van der Waals surface area (Å²) in [6, 6.07) is 5.57. The van der Waals surface area contributed by atoms with Gasteiger partial charge < -0.3 is 19.8 Å². The van der Waals surface area contributed by atoms with Gasteiger partial charge in [-0.1, -0.05) is 17.7 Å². The molecule has 1 fully saturated rings. The molecule has 1 aromatic carbocycles.